The van der Waals surface area contributed by atoms with Crippen molar-refractivity contribution in [3.05, 3.63) is 276 Å². The van der Waals surface area contributed by atoms with Crippen molar-refractivity contribution in [3.63, 3.8) is 0 Å². The zero-order valence-corrected chi connectivity index (χ0v) is 90.2. The number of benzene rings is 10. The maximum absolute atomic E-state index is 12.8. The third-order valence-corrected chi connectivity index (χ3v) is 17.7. The van der Waals surface area contributed by atoms with Crippen LogP contribution in [0, 0.1) is 58.2 Å². The van der Waals surface area contributed by atoms with Crippen molar-refractivity contribution in [1.29, 1.82) is 10.5 Å². The molecule has 0 aliphatic carbocycles. The Morgan fingerprint density at radius 2 is 0.776 bits per heavy atom. The van der Waals surface area contributed by atoms with Crippen LogP contribution in [0.1, 0.15) is 127 Å². The van der Waals surface area contributed by atoms with Crippen molar-refractivity contribution in [2.24, 2.45) is 0 Å². The van der Waals surface area contributed by atoms with Gasteiger partial charge in [0.25, 0.3) is 11.4 Å². The fraction of sp³-hybridized carbons (Fsp3) is 0.245. The molecule has 12 rings (SSSR count). The average Bonchev–Trinajstić information content (AvgIpc) is 1.62. The number of amides is 3. The molecule has 0 spiro atoms. The number of imidazole rings is 1. The predicted molar refractivity (Wildman–Crippen MR) is 555 cm³/mol. The number of fused-ring (bicyclic) bond motifs is 1. The van der Waals surface area contributed by atoms with E-state index in [4.69, 9.17) is 84.8 Å². The molecule has 0 bridgehead atoms. The molecule has 1 unspecified atom stereocenters. The van der Waals surface area contributed by atoms with Crippen molar-refractivity contribution in [3.8, 4) is 17.2 Å². The monoisotopic (exact) mass is 2160 g/mol. The molecule has 0 radical (unpaired) electrons. The molecule has 2 heterocycles. The third-order valence-electron chi connectivity index (χ3n) is 16.8. The van der Waals surface area contributed by atoms with E-state index < -0.39 is 116 Å². The molecule has 147 heavy (non-hydrogen) atoms. The molecule has 1 atom stereocenters. The first kappa shape index (κ1) is 129. The van der Waals surface area contributed by atoms with Crippen LogP contribution in [0.15, 0.2) is 212 Å². The summed E-state index contributed by atoms with van der Waals surface area (Å²) in [5, 5.41) is 72.0. The Kier molecular flexibility index (Phi) is 58.3. The first-order valence-corrected chi connectivity index (χ1v) is 54.0. The van der Waals surface area contributed by atoms with Crippen molar-refractivity contribution >= 4 is 234 Å². The first-order chi connectivity index (χ1) is 69.2. The van der Waals surface area contributed by atoms with E-state index >= 15 is 0 Å². The summed E-state index contributed by atoms with van der Waals surface area (Å²) in [7, 11) is 3.53. The number of aliphatic hydroxyl groups is 1. The number of hydrogen-bond acceptors (Lipinski definition) is 40. The van der Waals surface area contributed by atoms with E-state index in [9.17, 15) is 73.1 Å². The molecule has 0 saturated carbocycles. The summed E-state index contributed by atoms with van der Waals surface area (Å²) in [5.41, 5.74) is 35.2. The second-order valence-corrected chi connectivity index (χ2v) is 34.1. The third kappa shape index (κ3) is 49.9. The first-order valence-electron chi connectivity index (χ1n) is 42.5. The number of aliphatic hydroxyl groups excluding tert-OH is 1. The topological polar surface area (TPSA) is 714 Å². The Labute approximate surface area is 882 Å². The Morgan fingerprint density at radius 3 is 1.10 bits per heavy atom. The maximum atomic E-state index is 12.8. The second-order valence-electron chi connectivity index (χ2n) is 31.3. The van der Waals surface area contributed by atoms with Crippen LogP contribution in [-0.2, 0) is 65.9 Å². The Balaban J connectivity index is 0.000000864. The van der Waals surface area contributed by atoms with Gasteiger partial charge in [0, 0.05) is 119 Å². The number of nitrogens with zero attached hydrogens (tertiary/aromatic N) is 7. The molecule has 10 aromatic carbocycles. The number of nitro groups is 3. The number of ether oxygens (including phenoxy) is 10. The SMILES string of the molecule is C#N.COC.COC(=O)c1ccc(F)c([N+](=O)[O-])c1.COC(=O)c1ccc(Nc2cccc(N)c2)c([N+](=O)[O-])c1.COC(=O)c1ccc(Nc2cccc(NC(=O)OC(C)(C)C)c2)c(N)c1.COC(=O)c1ccc(Nc2cccc(NC(=O)OC(C)(C)C)c2)c([N+](=O)[O-])c1.COC(=O)c1ccc2c(c1)nc(N)n2-c1cccc(NC(=O)OC(C)(C)C)c1.N#CBr.Nc1cccc(N)c1.O=S(=O)=S(=O)=O.OC1CCCO1.[Na][Na]. The Morgan fingerprint density at radius 1 is 0.469 bits per heavy atom. The molecule has 53 heteroatoms. The van der Waals surface area contributed by atoms with E-state index in [1.54, 1.807) is 220 Å². The van der Waals surface area contributed by atoms with Gasteiger partial charge in [0.05, 0.1) is 106 Å². The van der Waals surface area contributed by atoms with E-state index in [1.807, 2.05) is 18.2 Å². The van der Waals surface area contributed by atoms with Gasteiger partial charge in [-0.1, -0.05) is 30.3 Å². The summed E-state index contributed by atoms with van der Waals surface area (Å²) in [4.78, 5) is 130. The minimum atomic E-state index is -2.95. The van der Waals surface area contributed by atoms with Crippen LogP contribution in [0.5, 0.6) is 0 Å². The van der Waals surface area contributed by atoms with Crippen LogP contribution >= 0.6 is 15.9 Å². The predicted octanol–water partition coefficient (Wildman–Crippen LogP) is 16.7. The van der Waals surface area contributed by atoms with Crippen molar-refractivity contribution in [2.75, 3.05) is 117 Å². The molecule has 1 aliphatic rings. The zero-order valence-electron chi connectivity index (χ0n) is 83.0. The summed E-state index contributed by atoms with van der Waals surface area (Å²) in [6.07, 6.45) is -0.309. The number of halogens is 2. The van der Waals surface area contributed by atoms with E-state index in [0.29, 0.717) is 79.2 Å². The molecule has 17 N–H and O–H groups in total. The second kappa shape index (κ2) is 66.3. The molecular formula is C94H108BrFN18Na2O29S2. The van der Waals surface area contributed by atoms with Crippen molar-refractivity contribution in [1.82, 2.24) is 9.55 Å². The molecule has 776 valence electrons. The molecule has 3 amide bonds. The summed E-state index contributed by atoms with van der Waals surface area (Å²) in [6, 6.07) is 55.5. The van der Waals surface area contributed by atoms with Crippen LogP contribution in [0.3, 0.4) is 0 Å². The van der Waals surface area contributed by atoms with E-state index in [-0.39, 0.29) is 45.4 Å². The van der Waals surface area contributed by atoms with Crippen LogP contribution in [0.2, 0.25) is 0 Å². The molecule has 1 aromatic heterocycles. The van der Waals surface area contributed by atoms with Gasteiger partial charge in [-0.15, -0.1) is 0 Å². The number of carbonyl (C=O) groups is 8. The molecular weight excluding hydrogens is 2050 g/mol. The van der Waals surface area contributed by atoms with Crippen LogP contribution in [0.25, 0.3) is 16.7 Å². The van der Waals surface area contributed by atoms with Gasteiger partial charge in [-0.25, -0.2) is 48.6 Å². The fourth-order valence-electron chi connectivity index (χ4n) is 11.0. The normalized spacial score (nSPS) is 10.9. The number of carbonyl (C=O) groups excluding carboxylic acids is 8. The quantitative estimate of drug-likeness (QED) is 0.00948. The Hall–Kier alpha value is -15.7. The number of nitrogens with one attached hydrogen (secondary N) is 6. The molecule has 1 aliphatic heterocycles. The number of nitriles is 2. The van der Waals surface area contributed by atoms with Gasteiger partial charge in [0.15, 0.2) is 6.29 Å². The fourth-order valence-corrected chi connectivity index (χ4v) is 11.0. The van der Waals surface area contributed by atoms with E-state index in [2.05, 4.69) is 83.1 Å². The van der Waals surface area contributed by atoms with Crippen LogP contribution in [-0.4, -0.2) is 217 Å². The number of aromatic nitrogens is 2. The number of anilines is 14. The zero-order chi connectivity index (χ0) is 112. The van der Waals surface area contributed by atoms with Gasteiger partial charge < -0.3 is 97.1 Å². The summed E-state index contributed by atoms with van der Waals surface area (Å²) in [5.74, 6) is -3.67. The summed E-state index contributed by atoms with van der Waals surface area (Å²) in [6.45, 7) is 20.3. The Bertz CT molecular complexity index is 6620. The summed E-state index contributed by atoms with van der Waals surface area (Å²) >= 11 is 5.34. The molecule has 47 nitrogen and oxygen atoms in total. The number of methoxy groups -OCH3 is 6. The molecule has 11 aromatic rings. The molecule has 1 fully saturated rings. The number of hydrogen-bond donors (Lipinski definition) is 12. The van der Waals surface area contributed by atoms with Crippen LogP contribution in [0.4, 0.5) is 116 Å². The number of rotatable bonds is 18. The van der Waals surface area contributed by atoms with Gasteiger partial charge in [-0.2, -0.15) is 26.5 Å². The van der Waals surface area contributed by atoms with Crippen molar-refractivity contribution < 1.29 is 127 Å². The van der Waals surface area contributed by atoms with E-state index in [0.717, 1.165) is 62.0 Å². The number of nitro benzene ring substituents is 3. The average molecular weight is 2160 g/mol. The van der Waals surface area contributed by atoms with Crippen LogP contribution < -0.4 is 60.6 Å². The van der Waals surface area contributed by atoms with Gasteiger partial charge in [0.2, 0.25) is 11.8 Å². The van der Waals surface area contributed by atoms with Gasteiger partial charge >= 0.3 is 116 Å². The van der Waals surface area contributed by atoms with Gasteiger partial charge in [0.1, 0.15) is 33.2 Å². The van der Waals surface area contributed by atoms with Crippen molar-refractivity contribution in [2.45, 2.75) is 98.2 Å². The van der Waals surface area contributed by atoms with Gasteiger partial charge in [-0.3, -0.25) is 50.9 Å². The minimum absolute atomic E-state index is 0.0550. The number of esters is 5. The molecule has 1 saturated heterocycles. The number of nitrogen functional groups attached to an aromatic ring is 5. The number of nitrogens with two attached hydrogens (primary N) is 5. The standard InChI is InChI=1S/C20H22N4O4.C19H21N3O6.C19H23N3O4.C14H13N3O4.C8H6FNO4.C6H8N2.C4H8O2.C2H6O.CBrN.CHN.2Na.O4S2/c1-20(2,3)28-19(26)22-13-6-5-7-14(11-13)24-16-9-8-12(17(25)27-4)10-15(16)23-18(24)21;1-19(2,3)28-18(24)21-14-7-5-6-13(11-14)20-15-9-8-12(17(23)27-4)10-16(15)22(25)26;1-19(2,3)26-18(24)22-14-7-5-6-13(11-14)21-16-9-8-12(10-15(16)20)17(23)25-4;1-21-14(18)9-5-6-12(13(7-9)17(19)20)16-11-4-2-3-10(15)8-11;1-14-8(11)5-2-3-6(9)7(4-5)10(12)13;7-5-2-1-3-6(8)4-5;5-4-2-1-3-6-4;1-3-2;2-1-3;1-2;;;1-5(2)6(3)4/h5-11H,1-4H3,(H2,21,23)(H,22,26);5-11,20H,1-4H3,(H,21,24);5-11,21H,20H2,1-4H3,(H,22,24);2-8,16H,15H2,1H3;2-4H,1H3;1-4H,7-8H2;4-5H,1-3H2;1-2H3;;1H;;;. The summed E-state index contributed by atoms with van der Waals surface area (Å²) < 4.78 is 98.4. The van der Waals surface area contributed by atoms with Gasteiger partial charge in [-0.05, 0) is 233 Å². The van der Waals surface area contributed by atoms with E-state index in [1.165, 1.54) is 108 Å².